The highest BCUT2D eigenvalue weighted by Gasteiger charge is 2.46. The minimum Gasteiger partial charge on any atom is -0.377 e. The Morgan fingerprint density at radius 1 is 1.18 bits per heavy atom. The third kappa shape index (κ3) is 3.87. The zero-order valence-electron chi connectivity index (χ0n) is 17.1. The van der Waals surface area contributed by atoms with Crippen molar-refractivity contribution in [2.75, 3.05) is 18.1 Å². The lowest BCUT2D eigenvalue weighted by Gasteiger charge is -2.40. The fourth-order valence-corrected chi connectivity index (χ4v) is 4.90. The maximum Gasteiger partial charge on any atom is 0.132 e. The van der Waals surface area contributed by atoms with Gasteiger partial charge in [0.05, 0.1) is 49.2 Å². The SMILES string of the molecule is CC(C)OC1CC2C(CC1F)NNC2c1cc(N2[C@H](C)COC[C@H]2C)ncn1. The van der Waals surface area contributed by atoms with Gasteiger partial charge in [-0.05, 0) is 40.5 Å². The second-order valence-corrected chi connectivity index (χ2v) is 8.69. The standard InChI is InChI=1S/C20H32FN5O2/c1-11(2)28-18-5-14-16(6-15(18)21)24-25-20(14)17-7-19(23-10-22-17)26-12(3)8-27-9-13(26)4/h7,10-16,18,20,24-25H,5-6,8-9H2,1-4H3/t12-,13-,14?,15?,16?,18?,20?/m1/s1. The number of hydrogen-bond acceptors (Lipinski definition) is 7. The van der Waals surface area contributed by atoms with Crippen LogP contribution in [-0.4, -0.2) is 59.7 Å². The number of hydrogen-bond donors (Lipinski definition) is 2. The Labute approximate surface area is 166 Å². The molecule has 1 aliphatic carbocycles. The van der Waals surface area contributed by atoms with E-state index in [0.717, 1.165) is 11.5 Å². The maximum atomic E-state index is 14.5. The molecule has 1 aromatic heterocycles. The number of halogens is 1. The molecule has 1 saturated carbocycles. The molecule has 0 radical (unpaired) electrons. The van der Waals surface area contributed by atoms with Crippen LogP contribution in [0.2, 0.25) is 0 Å². The molecule has 7 atom stereocenters. The van der Waals surface area contributed by atoms with Crippen molar-refractivity contribution < 1.29 is 13.9 Å². The van der Waals surface area contributed by atoms with Crippen LogP contribution < -0.4 is 15.8 Å². The molecule has 3 aliphatic rings. The molecule has 7 nitrogen and oxygen atoms in total. The van der Waals surface area contributed by atoms with Crippen LogP contribution in [-0.2, 0) is 9.47 Å². The molecule has 0 amide bonds. The lowest BCUT2D eigenvalue weighted by Crippen LogP contribution is -2.50. The Balaban J connectivity index is 1.54. The molecule has 156 valence electrons. The molecule has 0 bridgehead atoms. The van der Waals surface area contributed by atoms with E-state index >= 15 is 0 Å². The van der Waals surface area contributed by atoms with E-state index in [4.69, 9.17) is 9.47 Å². The van der Waals surface area contributed by atoms with E-state index in [9.17, 15) is 4.39 Å². The summed E-state index contributed by atoms with van der Waals surface area (Å²) in [6.45, 7) is 9.62. The van der Waals surface area contributed by atoms with E-state index < -0.39 is 6.17 Å². The molecule has 4 rings (SSSR count). The Kier molecular flexibility index (Phi) is 5.83. The van der Waals surface area contributed by atoms with E-state index in [1.54, 1.807) is 6.33 Å². The number of aromatic nitrogens is 2. The van der Waals surface area contributed by atoms with Gasteiger partial charge in [-0.3, -0.25) is 5.43 Å². The Hall–Kier alpha value is -1.35. The summed E-state index contributed by atoms with van der Waals surface area (Å²) in [6, 6.07) is 2.70. The predicted molar refractivity (Wildman–Crippen MR) is 105 cm³/mol. The average molecular weight is 394 g/mol. The van der Waals surface area contributed by atoms with Crippen LogP contribution in [0.5, 0.6) is 0 Å². The molecule has 0 aromatic carbocycles. The van der Waals surface area contributed by atoms with Crippen molar-refractivity contribution >= 4 is 5.82 Å². The first-order valence-corrected chi connectivity index (χ1v) is 10.4. The fraction of sp³-hybridized carbons (Fsp3) is 0.800. The van der Waals surface area contributed by atoms with Gasteiger partial charge in [0.25, 0.3) is 0 Å². The van der Waals surface area contributed by atoms with E-state index in [2.05, 4.69) is 45.6 Å². The van der Waals surface area contributed by atoms with Crippen LogP contribution in [0.15, 0.2) is 12.4 Å². The van der Waals surface area contributed by atoms with Gasteiger partial charge in [0, 0.05) is 18.0 Å². The van der Waals surface area contributed by atoms with Gasteiger partial charge in [0.2, 0.25) is 0 Å². The smallest absolute Gasteiger partial charge is 0.132 e. The van der Waals surface area contributed by atoms with Crippen molar-refractivity contribution in [1.82, 2.24) is 20.8 Å². The number of fused-ring (bicyclic) bond motifs is 1. The molecular formula is C20H32FN5O2. The van der Waals surface area contributed by atoms with Gasteiger partial charge in [0.15, 0.2) is 0 Å². The normalized spacial score (nSPS) is 38.6. The van der Waals surface area contributed by atoms with Crippen LogP contribution in [0.3, 0.4) is 0 Å². The van der Waals surface area contributed by atoms with Gasteiger partial charge in [-0.2, -0.15) is 0 Å². The first-order valence-electron chi connectivity index (χ1n) is 10.4. The number of rotatable bonds is 4. The van der Waals surface area contributed by atoms with Gasteiger partial charge in [0.1, 0.15) is 18.3 Å². The molecule has 1 aromatic rings. The van der Waals surface area contributed by atoms with Crippen molar-refractivity contribution in [1.29, 1.82) is 0 Å². The molecule has 3 heterocycles. The van der Waals surface area contributed by atoms with Crippen LogP contribution in [0.25, 0.3) is 0 Å². The average Bonchev–Trinajstić information content (AvgIpc) is 3.04. The predicted octanol–water partition coefficient (Wildman–Crippen LogP) is 2.15. The Morgan fingerprint density at radius 2 is 1.93 bits per heavy atom. The summed E-state index contributed by atoms with van der Waals surface area (Å²) in [4.78, 5) is 11.4. The van der Waals surface area contributed by atoms with Crippen molar-refractivity contribution in [2.45, 2.75) is 83.1 Å². The number of ether oxygens (including phenoxy) is 2. The lowest BCUT2D eigenvalue weighted by atomic mass is 9.78. The molecule has 3 fully saturated rings. The van der Waals surface area contributed by atoms with Gasteiger partial charge in [-0.25, -0.2) is 19.8 Å². The molecule has 5 unspecified atom stereocenters. The second-order valence-electron chi connectivity index (χ2n) is 8.69. The molecule has 2 N–H and O–H groups in total. The first-order chi connectivity index (χ1) is 13.4. The highest BCUT2D eigenvalue weighted by atomic mass is 19.1. The van der Waals surface area contributed by atoms with Gasteiger partial charge in [-0.15, -0.1) is 0 Å². The largest absolute Gasteiger partial charge is 0.377 e. The monoisotopic (exact) mass is 393 g/mol. The van der Waals surface area contributed by atoms with Gasteiger partial charge >= 0.3 is 0 Å². The minimum atomic E-state index is -0.937. The van der Waals surface area contributed by atoms with Crippen molar-refractivity contribution in [3.8, 4) is 0 Å². The zero-order valence-corrected chi connectivity index (χ0v) is 17.1. The van der Waals surface area contributed by atoms with Gasteiger partial charge in [-0.1, -0.05) is 0 Å². The molecule has 2 aliphatic heterocycles. The molecule has 2 saturated heterocycles. The van der Waals surface area contributed by atoms with E-state index in [1.165, 1.54) is 0 Å². The topological polar surface area (TPSA) is 71.5 Å². The Bertz CT molecular complexity index is 668. The fourth-order valence-electron chi connectivity index (χ4n) is 4.90. The molecule has 28 heavy (non-hydrogen) atoms. The van der Waals surface area contributed by atoms with E-state index in [0.29, 0.717) is 26.1 Å². The quantitative estimate of drug-likeness (QED) is 0.812. The summed E-state index contributed by atoms with van der Waals surface area (Å²) in [7, 11) is 0. The molecule has 0 spiro atoms. The van der Waals surface area contributed by atoms with Crippen LogP contribution >= 0.6 is 0 Å². The first kappa shape index (κ1) is 19.9. The lowest BCUT2D eigenvalue weighted by molar-refractivity contribution is -0.0708. The number of morpholine rings is 1. The number of nitrogens with one attached hydrogen (secondary N) is 2. The highest BCUT2D eigenvalue weighted by molar-refractivity contribution is 5.43. The number of anilines is 1. The summed E-state index contributed by atoms with van der Waals surface area (Å²) in [5.74, 6) is 1.16. The number of nitrogens with zero attached hydrogens (tertiary/aromatic N) is 3. The second kappa shape index (κ2) is 8.18. The van der Waals surface area contributed by atoms with Crippen LogP contribution in [0.4, 0.5) is 10.2 Å². The summed E-state index contributed by atoms with van der Waals surface area (Å²) >= 11 is 0. The summed E-state index contributed by atoms with van der Waals surface area (Å²) in [5, 5.41) is 0. The molecule has 8 heteroatoms. The Morgan fingerprint density at radius 3 is 2.64 bits per heavy atom. The van der Waals surface area contributed by atoms with Crippen molar-refractivity contribution in [3.63, 3.8) is 0 Å². The zero-order chi connectivity index (χ0) is 19.8. The third-order valence-corrected chi connectivity index (χ3v) is 6.13. The van der Waals surface area contributed by atoms with E-state index in [1.807, 2.05) is 13.8 Å². The number of alkyl halides is 1. The highest BCUT2D eigenvalue weighted by Crippen LogP contribution is 2.40. The van der Waals surface area contributed by atoms with Crippen molar-refractivity contribution in [3.05, 3.63) is 18.1 Å². The van der Waals surface area contributed by atoms with E-state index in [-0.39, 0.29) is 42.3 Å². The van der Waals surface area contributed by atoms with Gasteiger partial charge < -0.3 is 14.4 Å². The van der Waals surface area contributed by atoms with Crippen LogP contribution in [0, 0.1) is 5.92 Å². The molecular weight excluding hydrogens is 361 g/mol. The summed E-state index contributed by atoms with van der Waals surface area (Å²) < 4.78 is 26.0. The third-order valence-electron chi connectivity index (χ3n) is 6.13. The van der Waals surface area contributed by atoms with Crippen LogP contribution in [0.1, 0.15) is 52.3 Å². The summed E-state index contributed by atoms with van der Waals surface area (Å²) in [5.41, 5.74) is 7.59. The summed E-state index contributed by atoms with van der Waals surface area (Å²) in [6.07, 6.45) is 1.51. The minimum absolute atomic E-state index is 0.0177. The van der Waals surface area contributed by atoms with Crippen molar-refractivity contribution in [2.24, 2.45) is 5.92 Å². The maximum absolute atomic E-state index is 14.5. The number of hydrazine groups is 1.